The Morgan fingerprint density at radius 1 is 1.04 bits per heavy atom. The molecule has 2 atom stereocenters. The van der Waals surface area contributed by atoms with Crippen LogP contribution in [0.2, 0.25) is 0 Å². The Bertz CT molecular complexity index is 715. The minimum atomic E-state index is -2.96. The van der Waals surface area contributed by atoms with Crippen LogP contribution in [0.4, 0.5) is 5.69 Å². The molecule has 2 rings (SSSR count). The lowest BCUT2D eigenvalue weighted by Gasteiger charge is -2.36. The molecule has 0 radical (unpaired) electrons. The number of anilines is 1. The largest absolute Gasteiger partial charge is 0.371 e. The van der Waals surface area contributed by atoms with Crippen molar-refractivity contribution in [3.63, 3.8) is 0 Å². The van der Waals surface area contributed by atoms with Crippen molar-refractivity contribution < 1.29 is 13.2 Å². The molecule has 1 aliphatic rings. The molecule has 0 unspecified atom stereocenters. The fourth-order valence-electron chi connectivity index (χ4n) is 4.05. The third kappa shape index (κ3) is 7.23. The standard InChI is InChI=1S/C23H37NO3S/c1-18(2)28(26,27)13-7-5-6-8-23(25)15-21-9-11-22(12-10-21)24-16-19(3)14-20(4)17-24/h9-12,18-20H,5-8,13-17H2,1-4H3/t19-,20-/m1/s1. The maximum atomic E-state index is 12.2. The van der Waals surface area contributed by atoms with Crippen LogP contribution in [0.25, 0.3) is 0 Å². The number of nitrogens with zero attached hydrogens (tertiary/aromatic N) is 1. The lowest BCUT2D eigenvalue weighted by molar-refractivity contribution is -0.118. The molecule has 1 fully saturated rings. The Kier molecular flexibility index (Phi) is 8.54. The first-order valence-corrected chi connectivity index (χ1v) is 12.5. The van der Waals surface area contributed by atoms with Crippen LogP contribution >= 0.6 is 0 Å². The van der Waals surface area contributed by atoms with E-state index < -0.39 is 9.84 Å². The zero-order valence-electron chi connectivity index (χ0n) is 18.0. The second-order valence-electron chi connectivity index (χ2n) is 8.96. The quantitative estimate of drug-likeness (QED) is 0.529. The van der Waals surface area contributed by atoms with E-state index in [4.69, 9.17) is 0 Å². The number of Topliss-reactive ketones (excluding diaryl/α,β-unsaturated/α-hetero) is 1. The Balaban J connectivity index is 1.72. The van der Waals surface area contributed by atoms with Gasteiger partial charge in [-0.3, -0.25) is 4.79 Å². The minimum absolute atomic E-state index is 0.230. The van der Waals surface area contributed by atoms with E-state index >= 15 is 0 Å². The third-order valence-corrected chi connectivity index (χ3v) is 7.97. The van der Waals surface area contributed by atoms with Crippen molar-refractivity contribution in [1.29, 1.82) is 0 Å². The number of rotatable bonds is 10. The number of piperidine rings is 1. The first-order valence-electron chi connectivity index (χ1n) is 10.7. The number of hydrogen-bond donors (Lipinski definition) is 0. The molecular weight excluding hydrogens is 370 g/mol. The highest BCUT2D eigenvalue weighted by Gasteiger charge is 2.22. The van der Waals surface area contributed by atoms with Crippen LogP contribution in [-0.4, -0.2) is 38.3 Å². The second-order valence-corrected chi connectivity index (χ2v) is 11.6. The number of carbonyl (C=O) groups is 1. The molecule has 0 amide bonds. The van der Waals surface area contributed by atoms with Crippen molar-refractivity contribution in [2.45, 2.75) is 71.5 Å². The summed E-state index contributed by atoms with van der Waals surface area (Å²) in [5, 5.41) is -0.312. The highest BCUT2D eigenvalue weighted by atomic mass is 32.2. The van der Waals surface area contributed by atoms with Gasteiger partial charge < -0.3 is 4.90 Å². The Morgan fingerprint density at radius 3 is 2.21 bits per heavy atom. The van der Waals surface area contributed by atoms with Gasteiger partial charge in [-0.1, -0.05) is 32.4 Å². The van der Waals surface area contributed by atoms with Gasteiger partial charge in [-0.2, -0.15) is 0 Å². The normalized spacial score (nSPS) is 20.5. The first kappa shape index (κ1) is 22.9. The Hall–Kier alpha value is -1.36. The average molecular weight is 408 g/mol. The van der Waals surface area contributed by atoms with E-state index in [0.717, 1.165) is 43.3 Å². The number of hydrogen-bond acceptors (Lipinski definition) is 4. The van der Waals surface area contributed by atoms with Crippen LogP contribution in [0, 0.1) is 11.8 Å². The molecule has 0 bridgehead atoms. The molecule has 0 N–H and O–H groups in total. The van der Waals surface area contributed by atoms with Crippen molar-refractivity contribution in [2.24, 2.45) is 11.8 Å². The smallest absolute Gasteiger partial charge is 0.152 e. The molecular formula is C23H37NO3S. The van der Waals surface area contributed by atoms with Crippen LogP contribution in [0.3, 0.4) is 0 Å². The van der Waals surface area contributed by atoms with Crippen LogP contribution in [0.1, 0.15) is 65.4 Å². The second kappa shape index (κ2) is 10.4. The van der Waals surface area contributed by atoms with E-state index in [1.165, 1.54) is 12.1 Å². The molecule has 0 aliphatic carbocycles. The summed E-state index contributed by atoms with van der Waals surface area (Å²) < 4.78 is 23.6. The molecule has 0 spiro atoms. The summed E-state index contributed by atoms with van der Waals surface area (Å²) in [6.45, 7) is 10.3. The molecule has 5 heteroatoms. The number of carbonyl (C=O) groups excluding carboxylic acids is 1. The van der Waals surface area contributed by atoms with E-state index in [0.29, 0.717) is 19.3 Å². The molecule has 0 aromatic heterocycles. The highest BCUT2D eigenvalue weighted by Crippen LogP contribution is 2.26. The lowest BCUT2D eigenvalue weighted by atomic mass is 9.91. The first-order chi connectivity index (χ1) is 13.2. The van der Waals surface area contributed by atoms with Crippen LogP contribution in [0.15, 0.2) is 24.3 Å². The van der Waals surface area contributed by atoms with Gasteiger partial charge in [0.25, 0.3) is 0 Å². The van der Waals surface area contributed by atoms with E-state index in [-0.39, 0.29) is 16.8 Å². The monoisotopic (exact) mass is 407 g/mol. The predicted octanol–water partition coefficient (Wildman–Crippen LogP) is 4.66. The average Bonchev–Trinajstić information content (AvgIpc) is 2.61. The SMILES string of the molecule is CC(C)S(=O)(=O)CCCCCC(=O)Cc1ccc(N2C[C@H](C)C[C@@H](C)C2)cc1. The number of unbranched alkanes of at least 4 members (excludes halogenated alkanes) is 2. The summed E-state index contributed by atoms with van der Waals surface area (Å²) in [6.07, 6.45) is 4.51. The summed E-state index contributed by atoms with van der Waals surface area (Å²) in [7, 11) is -2.96. The van der Waals surface area contributed by atoms with Gasteiger partial charge in [0, 0.05) is 31.6 Å². The van der Waals surface area contributed by atoms with Crippen molar-refractivity contribution in [3.05, 3.63) is 29.8 Å². The molecule has 158 valence electrons. The zero-order valence-corrected chi connectivity index (χ0v) is 18.8. The van der Waals surface area contributed by atoms with Gasteiger partial charge in [0.1, 0.15) is 5.78 Å². The fraction of sp³-hybridized carbons (Fsp3) is 0.696. The van der Waals surface area contributed by atoms with E-state index in [2.05, 4.69) is 43.0 Å². The third-order valence-electron chi connectivity index (χ3n) is 5.67. The molecule has 1 heterocycles. The topological polar surface area (TPSA) is 54.5 Å². The summed E-state index contributed by atoms with van der Waals surface area (Å²) in [5.74, 6) is 1.91. The van der Waals surface area contributed by atoms with Crippen molar-refractivity contribution in [1.82, 2.24) is 0 Å². The highest BCUT2D eigenvalue weighted by molar-refractivity contribution is 7.91. The van der Waals surface area contributed by atoms with Gasteiger partial charge in [-0.15, -0.1) is 0 Å². The van der Waals surface area contributed by atoms with Crippen LogP contribution < -0.4 is 4.90 Å². The zero-order chi connectivity index (χ0) is 20.7. The van der Waals surface area contributed by atoms with Gasteiger partial charge in [0.05, 0.1) is 11.0 Å². The van der Waals surface area contributed by atoms with Gasteiger partial charge >= 0.3 is 0 Å². The van der Waals surface area contributed by atoms with Crippen molar-refractivity contribution in [3.8, 4) is 0 Å². The molecule has 0 saturated carbocycles. The van der Waals surface area contributed by atoms with Gasteiger partial charge in [0.15, 0.2) is 9.84 Å². The molecule has 28 heavy (non-hydrogen) atoms. The Labute approximate surface area is 171 Å². The van der Waals surface area contributed by atoms with Crippen molar-refractivity contribution in [2.75, 3.05) is 23.7 Å². The van der Waals surface area contributed by atoms with E-state index in [1.807, 2.05) is 0 Å². The fourth-order valence-corrected chi connectivity index (χ4v) is 5.13. The van der Waals surface area contributed by atoms with Gasteiger partial charge in [-0.05, 0) is 62.6 Å². The lowest BCUT2D eigenvalue weighted by Crippen LogP contribution is -2.38. The van der Waals surface area contributed by atoms with Crippen LogP contribution in [0.5, 0.6) is 0 Å². The van der Waals surface area contributed by atoms with Crippen molar-refractivity contribution >= 4 is 21.3 Å². The number of sulfone groups is 1. The molecule has 1 aromatic carbocycles. The number of ketones is 1. The van der Waals surface area contributed by atoms with Crippen LogP contribution in [-0.2, 0) is 21.1 Å². The molecule has 4 nitrogen and oxygen atoms in total. The predicted molar refractivity (Wildman–Crippen MR) is 118 cm³/mol. The summed E-state index contributed by atoms with van der Waals surface area (Å²) in [4.78, 5) is 14.7. The van der Waals surface area contributed by atoms with E-state index in [1.54, 1.807) is 13.8 Å². The van der Waals surface area contributed by atoms with Gasteiger partial charge in [0.2, 0.25) is 0 Å². The maximum absolute atomic E-state index is 12.2. The molecule has 1 saturated heterocycles. The molecule has 1 aromatic rings. The van der Waals surface area contributed by atoms with E-state index in [9.17, 15) is 13.2 Å². The summed E-state index contributed by atoms with van der Waals surface area (Å²) >= 11 is 0. The summed E-state index contributed by atoms with van der Waals surface area (Å²) in [5.41, 5.74) is 2.32. The maximum Gasteiger partial charge on any atom is 0.152 e. The Morgan fingerprint density at radius 2 is 1.64 bits per heavy atom. The van der Waals surface area contributed by atoms with Gasteiger partial charge in [-0.25, -0.2) is 8.42 Å². The summed E-state index contributed by atoms with van der Waals surface area (Å²) in [6, 6.07) is 8.44. The molecule has 1 aliphatic heterocycles. The minimum Gasteiger partial charge on any atom is -0.371 e. The number of benzene rings is 1.